The second-order valence-electron chi connectivity index (χ2n) is 4.87. The zero-order valence-corrected chi connectivity index (χ0v) is 11.3. The van der Waals surface area contributed by atoms with E-state index in [2.05, 4.69) is 16.4 Å². The maximum Gasteiger partial charge on any atom is 0.148 e. The molecule has 0 fully saturated rings. The lowest BCUT2D eigenvalue weighted by atomic mass is 9.92. The topological polar surface area (TPSA) is 57.9 Å². The van der Waals surface area contributed by atoms with E-state index in [1.807, 2.05) is 31.3 Å². The number of nitrogens with zero attached hydrogens (tertiary/aromatic N) is 2. The molecular weight excluding hydrogens is 250 g/mol. The van der Waals surface area contributed by atoms with Gasteiger partial charge in [-0.1, -0.05) is 0 Å². The van der Waals surface area contributed by atoms with E-state index >= 15 is 0 Å². The van der Waals surface area contributed by atoms with E-state index in [9.17, 15) is 0 Å². The van der Waals surface area contributed by atoms with Crippen LogP contribution in [-0.4, -0.2) is 18.6 Å². The number of nitriles is 1. The molecule has 3 rings (SSSR count). The molecule has 2 heterocycles. The van der Waals surface area contributed by atoms with Gasteiger partial charge in [0.05, 0.1) is 17.3 Å². The summed E-state index contributed by atoms with van der Waals surface area (Å²) in [5.41, 5.74) is 2.69. The second-order valence-corrected chi connectivity index (χ2v) is 4.87. The van der Waals surface area contributed by atoms with Gasteiger partial charge in [0.25, 0.3) is 0 Å². The zero-order chi connectivity index (χ0) is 13.9. The lowest BCUT2D eigenvalue weighted by Gasteiger charge is -2.16. The Kier molecular flexibility index (Phi) is 3.36. The quantitative estimate of drug-likeness (QED) is 0.906. The number of fused-ring (bicyclic) bond motifs is 2. The van der Waals surface area contributed by atoms with Crippen molar-refractivity contribution in [2.75, 3.05) is 13.6 Å². The van der Waals surface area contributed by atoms with Crippen molar-refractivity contribution in [3.05, 3.63) is 53.3 Å². The van der Waals surface area contributed by atoms with Crippen LogP contribution >= 0.6 is 0 Å². The zero-order valence-electron chi connectivity index (χ0n) is 11.3. The summed E-state index contributed by atoms with van der Waals surface area (Å²) < 4.78 is 5.98. The molecule has 1 aromatic carbocycles. The molecule has 1 atom stereocenters. The highest BCUT2D eigenvalue weighted by Gasteiger charge is 2.24. The summed E-state index contributed by atoms with van der Waals surface area (Å²) >= 11 is 0. The molecule has 0 spiro atoms. The first-order chi connectivity index (χ1) is 9.81. The average molecular weight is 265 g/mol. The molecule has 0 radical (unpaired) electrons. The summed E-state index contributed by atoms with van der Waals surface area (Å²) in [5, 5.41) is 12.3. The van der Waals surface area contributed by atoms with Crippen molar-refractivity contribution in [3.63, 3.8) is 0 Å². The molecule has 1 N–H and O–H groups in total. The van der Waals surface area contributed by atoms with Crippen LogP contribution in [0.3, 0.4) is 0 Å². The van der Waals surface area contributed by atoms with Gasteiger partial charge in [0, 0.05) is 30.6 Å². The Labute approximate surface area is 118 Å². The summed E-state index contributed by atoms with van der Waals surface area (Å²) in [6.07, 6.45) is 2.59. The fourth-order valence-corrected chi connectivity index (χ4v) is 2.59. The van der Waals surface area contributed by atoms with Gasteiger partial charge in [-0.25, -0.2) is 0 Å². The van der Waals surface area contributed by atoms with Gasteiger partial charge in [-0.3, -0.25) is 4.98 Å². The minimum Gasteiger partial charge on any atom is -0.455 e. The van der Waals surface area contributed by atoms with Gasteiger partial charge in [-0.15, -0.1) is 0 Å². The average Bonchev–Trinajstić information content (AvgIpc) is 2.63. The molecule has 0 saturated carbocycles. The highest BCUT2D eigenvalue weighted by atomic mass is 16.5. The van der Waals surface area contributed by atoms with Crippen LogP contribution in [0.15, 0.2) is 36.5 Å². The van der Waals surface area contributed by atoms with Crippen LogP contribution in [0.1, 0.15) is 22.7 Å². The SMILES string of the molecule is CNC[C@@H]1Cc2ncccc2Oc2ccc(C#N)cc21. The molecule has 0 amide bonds. The van der Waals surface area contributed by atoms with Crippen molar-refractivity contribution in [3.8, 4) is 17.6 Å². The number of pyridine rings is 1. The summed E-state index contributed by atoms with van der Waals surface area (Å²) in [7, 11) is 1.93. The van der Waals surface area contributed by atoms with Crippen molar-refractivity contribution in [1.29, 1.82) is 5.26 Å². The van der Waals surface area contributed by atoms with Gasteiger partial charge in [0.1, 0.15) is 11.5 Å². The Hall–Kier alpha value is -2.38. The Balaban J connectivity index is 2.11. The number of hydrogen-bond donors (Lipinski definition) is 1. The molecule has 2 aromatic rings. The molecular formula is C16H15N3O. The van der Waals surface area contributed by atoms with Crippen LogP contribution < -0.4 is 10.1 Å². The third-order valence-corrected chi connectivity index (χ3v) is 3.54. The van der Waals surface area contributed by atoms with Crippen LogP contribution in [0.4, 0.5) is 0 Å². The molecule has 100 valence electrons. The van der Waals surface area contributed by atoms with E-state index < -0.39 is 0 Å². The monoisotopic (exact) mass is 265 g/mol. The number of hydrogen-bond acceptors (Lipinski definition) is 4. The molecule has 20 heavy (non-hydrogen) atoms. The number of benzene rings is 1. The third kappa shape index (κ3) is 2.24. The summed E-state index contributed by atoms with van der Waals surface area (Å²) in [4.78, 5) is 4.42. The molecule has 0 saturated heterocycles. The number of nitrogens with one attached hydrogen (secondary N) is 1. The Morgan fingerprint density at radius 2 is 2.30 bits per heavy atom. The summed E-state index contributed by atoms with van der Waals surface area (Å²) in [6, 6.07) is 11.6. The number of likely N-dealkylation sites (N-methyl/N-ethyl adjacent to an activating group) is 1. The van der Waals surface area contributed by atoms with Crippen LogP contribution in [0.25, 0.3) is 0 Å². The van der Waals surface area contributed by atoms with Crippen molar-refractivity contribution in [1.82, 2.24) is 10.3 Å². The molecule has 1 aliphatic rings. The first-order valence-corrected chi connectivity index (χ1v) is 6.62. The molecule has 0 unspecified atom stereocenters. The smallest absolute Gasteiger partial charge is 0.148 e. The Morgan fingerprint density at radius 1 is 1.40 bits per heavy atom. The lowest BCUT2D eigenvalue weighted by molar-refractivity contribution is 0.475. The van der Waals surface area contributed by atoms with Crippen LogP contribution in [-0.2, 0) is 6.42 Å². The number of aromatic nitrogens is 1. The van der Waals surface area contributed by atoms with E-state index in [1.165, 1.54) is 0 Å². The second kappa shape index (κ2) is 5.32. The van der Waals surface area contributed by atoms with Gasteiger partial charge >= 0.3 is 0 Å². The molecule has 0 aliphatic carbocycles. The number of ether oxygens (including phenoxy) is 1. The van der Waals surface area contributed by atoms with E-state index in [-0.39, 0.29) is 5.92 Å². The number of rotatable bonds is 2. The highest BCUT2D eigenvalue weighted by molar-refractivity contribution is 5.49. The maximum atomic E-state index is 9.08. The van der Waals surface area contributed by atoms with Gasteiger partial charge in [-0.2, -0.15) is 5.26 Å². The first kappa shape index (κ1) is 12.6. The Bertz CT molecular complexity index is 676. The standard InChI is InChI=1S/C16H15N3O/c1-18-10-12-8-14-16(3-2-6-19-14)20-15-5-4-11(9-17)7-13(12)15/h2-7,12,18H,8,10H2,1H3/t12-/m0/s1. The van der Waals surface area contributed by atoms with Crippen LogP contribution in [0, 0.1) is 11.3 Å². The van der Waals surface area contributed by atoms with Crippen LogP contribution in [0.5, 0.6) is 11.5 Å². The van der Waals surface area contributed by atoms with E-state index in [4.69, 9.17) is 10.00 Å². The minimum atomic E-state index is 0.249. The van der Waals surface area contributed by atoms with E-state index in [1.54, 1.807) is 12.3 Å². The molecule has 4 nitrogen and oxygen atoms in total. The Morgan fingerprint density at radius 3 is 3.10 bits per heavy atom. The molecule has 4 heteroatoms. The summed E-state index contributed by atoms with van der Waals surface area (Å²) in [5.74, 6) is 1.87. The van der Waals surface area contributed by atoms with E-state index in [0.29, 0.717) is 5.56 Å². The van der Waals surface area contributed by atoms with Crippen molar-refractivity contribution < 1.29 is 4.74 Å². The van der Waals surface area contributed by atoms with Gasteiger partial charge in [0.2, 0.25) is 0 Å². The fraction of sp³-hybridized carbons (Fsp3) is 0.250. The summed E-state index contributed by atoms with van der Waals surface area (Å²) in [6.45, 7) is 0.821. The van der Waals surface area contributed by atoms with Crippen molar-refractivity contribution in [2.45, 2.75) is 12.3 Å². The van der Waals surface area contributed by atoms with E-state index in [0.717, 1.165) is 35.7 Å². The predicted molar refractivity (Wildman–Crippen MR) is 75.8 cm³/mol. The van der Waals surface area contributed by atoms with Crippen LogP contribution in [0.2, 0.25) is 0 Å². The lowest BCUT2D eigenvalue weighted by Crippen LogP contribution is -2.19. The van der Waals surface area contributed by atoms with Crippen molar-refractivity contribution >= 4 is 0 Å². The molecule has 0 bridgehead atoms. The van der Waals surface area contributed by atoms with Gasteiger partial charge in [0.15, 0.2) is 0 Å². The van der Waals surface area contributed by atoms with Crippen molar-refractivity contribution in [2.24, 2.45) is 0 Å². The molecule has 1 aliphatic heterocycles. The van der Waals surface area contributed by atoms with Gasteiger partial charge < -0.3 is 10.1 Å². The highest BCUT2D eigenvalue weighted by Crippen LogP contribution is 2.38. The third-order valence-electron chi connectivity index (χ3n) is 3.54. The first-order valence-electron chi connectivity index (χ1n) is 6.62. The molecule has 1 aromatic heterocycles. The predicted octanol–water partition coefficient (Wildman–Crippen LogP) is 2.60. The normalized spacial score (nSPS) is 16.3. The largest absolute Gasteiger partial charge is 0.455 e. The minimum absolute atomic E-state index is 0.249. The van der Waals surface area contributed by atoms with Gasteiger partial charge in [-0.05, 0) is 37.4 Å². The maximum absolute atomic E-state index is 9.08. The fourth-order valence-electron chi connectivity index (χ4n) is 2.59.